The van der Waals surface area contributed by atoms with Crippen molar-refractivity contribution in [3.63, 3.8) is 0 Å². The molecule has 0 amide bonds. The van der Waals surface area contributed by atoms with Crippen LogP contribution in [0.1, 0.15) is 144 Å². The van der Waals surface area contributed by atoms with E-state index in [9.17, 15) is 4.79 Å². The summed E-state index contributed by atoms with van der Waals surface area (Å²) in [4.78, 5) is 13.0. The smallest absolute Gasteiger partial charge is 0.309 e. The fourth-order valence-electron chi connectivity index (χ4n) is 13.8. The van der Waals surface area contributed by atoms with E-state index in [-0.39, 0.29) is 17.3 Å². The summed E-state index contributed by atoms with van der Waals surface area (Å²) in [5.41, 5.74) is 5.99. The molecule has 0 radical (unpaired) electrons. The maximum Gasteiger partial charge on any atom is 0.309 e. The van der Waals surface area contributed by atoms with E-state index in [2.05, 4.69) is 65.9 Å². The predicted molar refractivity (Wildman–Crippen MR) is 198 cm³/mol. The SMILES string of the molecule is CC(C)CCNC12CCC[C@@H]1C1CCC3C4(C)CC=C(C5=CCC(C(=O)OCc6ccccc6)CC5)C(C)(C)C4CCC3(C)[C@]1(C)CC2. The van der Waals surface area contributed by atoms with Crippen molar-refractivity contribution in [1.82, 2.24) is 5.32 Å². The van der Waals surface area contributed by atoms with Crippen LogP contribution >= 0.6 is 0 Å². The van der Waals surface area contributed by atoms with Crippen LogP contribution < -0.4 is 5.32 Å². The van der Waals surface area contributed by atoms with Crippen LogP contribution in [0.2, 0.25) is 0 Å². The summed E-state index contributed by atoms with van der Waals surface area (Å²) in [6, 6.07) is 10.1. The Balaban J connectivity index is 1.07. The molecule has 0 heterocycles. The van der Waals surface area contributed by atoms with Crippen molar-refractivity contribution in [2.45, 2.75) is 151 Å². The molecule has 1 aromatic carbocycles. The zero-order valence-electron chi connectivity index (χ0n) is 31.6. The second kappa shape index (κ2) is 12.7. The number of ether oxygens (including phenoxy) is 1. The summed E-state index contributed by atoms with van der Waals surface area (Å²) < 4.78 is 5.75. The Kier molecular flexibility index (Phi) is 9.16. The maximum absolute atomic E-state index is 13.0. The largest absolute Gasteiger partial charge is 0.461 e. The summed E-state index contributed by atoms with van der Waals surface area (Å²) in [6.45, 7) is 19.8. The molecule has 0 bridgehead atoms. The fraction of sp³-hybridized carbons (Fsp3) is 0.756. The van der Waals surface area contributed by atoms with Crippen LogP contribution in [0.3, 0.4) is 0 Å². The zero-order valence-corrected chi connectivity index (χ0v) is 31.6. The highest BCUT2D eigenvalue weighted by Gasteiger charge is 2.69. The molecular formula is C45H67NO2. The van der Waals surface area contributed by atoms with E-state index in [4.69, 9.17) is 4.74 Å². The molecule has 0 spiro atoms. The monoisotopic (exact) mass is 654 g/mol. The van der Waals surface area contributed by atoms with E-state index in [1.165, 1.54) is 82.7 Å². The van der Waals surface area contributed by atoms with Crippen molar-refractivity contribution in [2.24, 2.45) is 57.2 Å². The molecule has 0 saturated heterocycles. The molecular weight excluding hydrogens is 587 g/mol. The van der Waals surface area contributed by atoms with E-state index in [0.717, 1.165) is 48.5 Å². The zero-order chi connectivity index (χ0) is 34.0. The minimum atomic E-state index is -0.0295. The van der Waals surface area contributed by atoms with E-state index in [1.807, 2.05) is 30.3 Å². The van der Waals surface area contributed by atoms with Crippen molar-refractivity contribution in [3.8, 4) is 0 Å². The number of rotatable bonds is 8. The Hall–Kier alpha value is -1.87. The molecule has 264 valence electrons. The van der Waals surface area contributed by atoms with Crippen LogP contribution in [0.15, 0.2) is 53.6 Å². The summed E-state index contributed by atoms with van der Waals surface area (Å²) in [7, 11) is 0. The Morgan fingerprint density at radius 2 is 1.65 bits per heavy atom. The van der Waals surface area contributed by atoms with Crippen LogP contribution in [0.25, 0.3) is 0 Å². The number of fused-ring (bicyclic) bond motifs is 7. The number of carbonyl (C=O) groups excluding carboxylic acids is 1. The van der Waals surface area contributed by atoms with Gasteiger partial charge in [-0.05, 0) is 158 Å². The maximum atomic E-state index is 13.0. The van der Waals surface area contributed by atoms with Crippen molar-refractivity contribution >= 4 is 5.97 Å². The van der Waals surface area contributed by atoms with Crippen LogP contribution in [-0.2, 0) is 16.1 Å². The normalized spacial score (nSPS) is 41.7. The molecule has 1 aromatic rings. The van der Waals surface area contributed by atoms with Crippen molar-refractivity contribution in [3.05, 3.63) is 59.2 Å². The molecule has 3 heteroatoms. The molecule has 1 N–H and O–H groups in total. The molecule has 6 aliphatic carbocycles. The molecule has 0 aliphatic heterocycles. The third-order valence-electron chi connectivity index (χ3n) is 16.5. The van der Waals surface area contributed by atoms with Gasteiger partial charge in [-0.15, -0.1) is 0 Å². The minimum Gasteiger partial charge on any atom is -0.461 e. The van der Waals surface area contributed by atoms with Gasteiger partial charge < -0.3 is 10.1 Å². The number of hydrogen-bond acceptors (Lipinski definition) is 3. The van der Waals surface area contributed by atoms with E-state index < -0.39 is 0 Å². The molecule has 6 aliphatic rings. The highest BCUT2D eigenvalue weighted by Crippen LogP contribution is 2.76. The number of carbonyl (C=O) groups is 1. The van der Waals surface area contributed by atoms with Gasteiger partial charge in [-0.1, -0.05) is 97.4 Å². The second-order valence-corrected chi connectivity index (χ2v) is 19.3. The molecule has 7 rings (SSSR count). The first-order valence-electron chi connectivity index (χ1n) is 20.2. The number of allylic oxidation sites excluding steroid dienone is 4. The van der Waals surface area contributed by atoms with Gasteiger partial charge in [0.15, 0.2) is 0 Å². The van der Waals surface area contributed by atoms with Gasteiger partial charge in [-0.25, -0.2) is 0 Å². The summed E-state index contributed by atoms with van der Waals surface area (Å²) in [5, 5.41) is 4.25. The predicted octanol–water partition coefficient (Wildman–Crippen LogP) is 11.2. The minimum absolute atomic E-state index is 0.0131. The average molecular weight is 654 g/mol. The lowest BCUT2D eigenvalue weighted by atomic mass is 9.33. The first kappa shape index (κ1) is 34.6. The summed E-state index contributed by atoms with van der Waals surface area (Å²) >= 11 is 0. The Morgan fingerprint density at radius 1 is 0.854 bits per heavy atom. The van der Waals surface area contributed by atoms with Gasteiger partial charge in [-0.2, -0.15) is 0 Å². The van der Waals surface area contributed by atoms with Gasteiger partial charge in [0.2, 0.25) is 0 Å². The van der Waals surface area contributed by atoms with Crippen molar-refractivity contribution < 1.29 is 9.53 Å². The van der Waals surface area contributed by atoms with Crippen LogP contribution in [0.4, 0.5) is 0 Å². The lowest BCUT2D eigenvalue weighted by Crippen LogP contribution is -2.67. The summed E-state index contributed by atoms with van der Waals surface area (Å²) in [5.74, 6) is 4.00. The van der Waals surface area contributed by atoms with Crippen molar-refractivity contribution in [2.75, 3.05) is 6.54 Å². The molecule has 48 heavy (non-hydrogen) atoms. The molecule has 3 nitrogen and oxygen atoms in total. The number of esters is 1. The molecule has 7 unspecified atom stereocenters. The number of hydrogen-bond donors (Lipinski definition) is 1. The first-order chi connectivity index (χ1) is 22.8. The van der Waals surface area contributed by atoms with Gasteiger partial charge in [-0.3, -0.25) is 4.79 Å². The molecule has 0 aromatic heterocycles. The Bertz CT molecular complexity index is 1410. The fourth-order valence-corrected chi connectivity index (χ4v) is 13.8. The number of benzene rings is 1. The van der Waals surface area contributed by atoms with E-state index in [1.54, 1.807) is 5.57 Å². The molecule has 4 fully saturated rings. The lowest BCUT2D eigenvalue weighted by molar-refractivity contribution is -0.218. The standard InChI is InChI=1S/C45H67NO2/c1-31(2)23-29-46-45-24-11-14-37(45)36-19-20-39-42(5)25-21-35(41(3,4)38(42)22-26-44(39,7)43(36,6)27-28-45)33-15-17-34(18-16-33)40(47)48-30-32-12-9-8-10-13-32/h8-10,12-13,15,21,31,34,36-39,46H,11,14,16-20,22-30H2,1-7H3/t34?,36?,37-,38?,39?,42?,43-,44?,45?/m1/s1. The average Bonchev–Trinajstić information content (AvgIpc) is 3.48. The van der Waals surface area contributed by atoms with E-state index >= 15 is 0 Å². The topological polar surface area (TPSA) is 38.3 Å². The highest BCUT2D eigenvalue weighted by molar-refractivity contribution is 5.73. The second-order valence-electron chi connectivity index (χ2n) is 19.3. The lowest BCUT2D eigenvalue weighted by Gasteiger charge is -2.72. The van der Waals surface area contributed by atoms with Crippen LogP contribution in [0, 0.1) is 57.2 Å². The molecule has 4 saturated carbocycles. The summed E-state index contributed by atoms with van der Waals surface area (Å²) in [6.07, 6.45) is 23.1. The van der Waals surface area contributed by atoms with Gasteiger partial charge in [0, 0.05) is 5.54 Å². The van der Waals surface area contributed by atoms with E-state index in [0.29, 0.717) is 34.3 Å². The quantitative estimate of drug-likeness (QED) is 0.284. The third kappa shape index (κ3) is 5.50. The first-order valence-corrected chi connectivity index (χ1v) is 20.2. The van der Waals surface area contributed by atoms with Gasteiger partial charge >= 0.3 is 5.97 Å². The van der Waals surface area contributed by atoms with Gasteiger partial charge in [0.05, 0.1) is 5.92 Å². The van der Waals surface area contributed by atoms with Gasteiger partial charge in [0.25, 0.3) is 0 Å². The number of nitrogens with one attached hydrogen (secondary N) is 1. The van der Waals surface area contributed by atoms with Crippen LogP contribution in [0.5, 0.6) is 0 Å². The Morgan fingerprint density at radius 3 is 2.38 bits per heavy atom. The third-order valence-corrected chi connectivity index (χ3v) is 16.5. The van der Waals surface area contributed by atoms with Gasteiger partial charge in [0.1, 0.15) is 6.61 Å². The van der Waals surface area contributed by atoms with Crippen molar-refractivity contribution in [1.29, 1.82) is 0 Å². The van der Waals surface area contributed by atoms with Crippen LogP contribution in [-0.4, -0.2) is 18.1 Å². The Labute approximate surface area is 293 Å². The molecule has 9 atom stereocenters. The highest BCUT2D eigenvalue weighted by atomic mass is 16.5.